The summed E-state index contributed by atoms with van der Waals surface area (Å²) >= 11 is 3.46. The van der Waals surface area contributed by atoms with E-state index in [0.29, 0.717) is 17.1 Å². The molecule has 0 amide bonds. The molecule has 0 saturated carbocycles. The molecular formula is C14H21BrO3Si. The van der Waals surface area contributed by atoms with Crippen LogP contribution in [-0.2, 0) is 0 Å². The fraction of sp³-hybridized carbons (Fsp3) is 0.500. The summed E-state index contributed by atoms with van der Waals surface area (Å²) in [7, 11) is -0.372. The summed E-state index contributed by atoms with van der Waals surface area (Å²) in [6.07, 6.45) is 0.795. The number of ether oxygens (including phenoxy) is 1. The van der Waals surface area contributed by atoms with Gasteiger partial charge in [0.2, 0.25) is 0 Å². The SMILES string of the molecule is COc1cc(C=O)cc(Br)c1O[Si](C)(C)C(C)(C)C. The first-order chi connectivity index (χ1) is 8.62. The Morgan fingerprint density at radius 3 is 2.26 bits per heavy atom. The number of benzene rings is 1. The van der Waals surface area contributed by atoms with Crippen molar-refractivity contribution in [3.8, 4) is 11.5 Å². The molecule has 0 spiro atoms. The zero-order valence-corrected chi connectivity index (χ0v) is 14.9. The highest BCUT2D eigenvalue weighted by Crippen LogP contribution is 2.43. The monoisotopic (exact) mass is 344 g/mol. The molecule has 1 rings (SSSR count). The van der Waals surface area contributed by atoms with Gasteiger partial charge in [0.05, 0.1) is 11.6 Å². The molecule has 0 unspecified atom stereocenters. The molecule has 19 heavy (non-hydrogen) atoms. The molecule has 1 aromatic carbocycles. The van der Waals surface area contributed by atoms with Crippen LogP contribution in [0.15, 0.2) is 16.6 Å². The van der Waals surface area contributed by atoms with Crippen molar-refractivity contribution in [1.29, 1.82) is 0 Å². The molecule has 3 nitrogen and oxygen atoms in total. The van der Waals surface area contributed by atoms with Crippen LogP contribution in [0.1, 0.15) is 31.1 Å². The van der Waals surface area contributed by atoms with E-state index < -0.39 is 8.32 Å². The van der Waals surface area contributed by atoms with E-state index in [1.54, 1.807) is 19.2 Å². The molecule has 106 valence electrons. The van der Waals surface area contributed by atoms with Crippen LogP contribution >= 0.6 is 15.9 Å². The first-order valence-electron chi connectivity index (χ1n) is 6.14. The number of hydrogen-bond acceptors (Lipinski definition) is 3. The van der Waals surface area contributed by atoms with Gasteiger partial charge in [0.15, 0.2) is 11.5 Å². The summed E-state index contributed by atoms with van der Waals surface area (Å²) in [4.78, 5) is 10.9. The van der Waals surface area contributed by atoms with Gasteiger partial charge in [-0.25, -0.2) is 0 Å². The van der Waals surface area contributed by atoms with E-state index in [1.807, 2.05) is 0 Å². The van der Waals surface area contributed by atoms with Crippen LogP contribution in [0.5, 0.6) is 11.5 Å². The number of rotatable bonds is 4. The number of halogens is 1. The van der Waals surface area contributed by atoms with Gasteiger partial charge in [-0.1, -0.05) is 20.8 Å². The Labute approximate surface area is 124 Å². The van der Waals surface area contributed by atoms with E-state index >= 15 is 0 Å². The maximum Gasteiger partial charge on any atom is 0.250 e. The lowest BCUT2D eigenvalue weighted by Crippen LogP contribution is -2.44. The van der Waals surface area contributed by atoms with E-state index in [-0.39, 0.29) is 5.04 Å². The molecule has 0 atom stereocenters. The molecular weight excluding hydrogens is 324 g/mol. The molecule has 0 radical (unpaired) electrons. The lowest BCUT2D eigenvalue weighted by atomic mass is 10.2. The van der Waals surface area contributed by atoms with E-state index in [0.717, 1.165) is 10.8 Å². The predicted molar refractivity (Wildman–Crippen MR) is 83.9 cm³/mol. The Hall–Kier alpha value is -0.813. The molecule has 0 aliphatic rings. The number of methoxy groups -OCH3 is 1. The van der Waals surface area contributed by atoms with Gasteiger partial charge in [-0.15, -0.1) is 0 Å². The third-order valence-corrected chi connectivity index (χ3v) is 8.47. The average Bonchev–Trinajstić information content (AvgIpc) is 2.29. The second-order valence-electron chi connectivity index (χ2n) is 6.01. The lowest BCUT2D eigenvalue weighted by molar-refractivity contribution is 0.112. The molecule has 0 N–H and O–H groups in total. The number of aldehydes is 1. The fourth-order valence-electron chi connectivity index (χ4n) is 1.32. The summed E-state index contributed by atoms with van der Waals surface area (Å²) in [5, 5.41) is 0.0980. The van der Waals surface area contributed by atoms with Crippen molar-refractivity contribution in [2.45, 2.75) is 38.9 Å². The lowest BCUT2D eigenvalue weighted by Gasteiger charge is -2.37. The van der Waals surface area contributed by atoms with E-state index in [4.69, 9.17) is 9.16 Å². The summed E-state index contributed by atoms with van der Waals surface area (Å²) in [5.41, 5.74) is 0.561. The number of carbonyl (C=O) groups excluding carboxylic acids is 1. The van der Waals surface area contributed by atoms with Gasteiger partial charge in [0.25, 0.3) is 8.32 Å². The van der Waals surface area contributed by atoms with Crippen LogP contribution in [0.2, 0.25) is 18.1 Å². The first-order valence-corrected chi connectivity index (χ1v) is 9.84. The van der Waals surface area contributed by atoms with Gasteiger partial charge >= 0.3 is 0 Å². The molecule has 0 aromatic heterocycles. The van der Waals surface area contributed by atoms with Crippen LogP contribution in [0.4, 0.5) is 0 Å². The average molecular weight is 345 g/mol. The summed E-state index contributed by atoms with van der Waals surface area (Å²) in [5.74, 6) is 1.26. The van der Waals surface area contributed by atoms with E-state index in [2.05, 4.69) is 49.8 Å². The predicted octanol–water partition coefficient (Wildman–Crippen LogP) is 4.65. The van der Waals surface area contributed by atoms with E-state index in [9.17, 15) is 4.79 Å². The van der Waals surface area contributed by atoms with Gasteiger partial charge in [-0.3, -0.25) is 4.79 Å². The minimum atomic E-state index is -1.95. The van der Waals surface area contributed by atoms with Gasteiger partial charge in [0.1, 0.15) is 6.29 Å². The quantitative estimate of drug-likeness (QED) is 0.588. The van der Waals surface area contributed by atoms with Crippen molar-refractivity contribution in [3.63, 3.8) is 0 Å². The minimum Gasteiger partial charge on any atom is -0.540 e. The largest absolute Gasteiger partial charge is 0.540 e. The normalized spacial score (nSPS) is 12.2. The maximum atomic E-state index is 10.9. The van der Waals surface area contributed by atoms with Gasteiger partial charge < -0.3 is 9.16 Å². The third-order valence-electron chi connectivity index (χ3n) is 3.55. The van der Waals surface area contributed by atoms with E-state index in [1.165, 1.54) is 0 Å². The molecule has 0 bridgehead atoms. The molecule has 0 aliphatic carbocycles. The Kier molecular flexibility index (Phi) is 4.85. The summed E-state index contributed by atoms with van der Waals surface area (Å²) in [6.45, 7) is 10.9. The van der Waals surface area contributed by atoms with Gasteiger partial charge in [-0.05, 0) is 46.2 Å². The summed E-state index contributed by atoms with van der Waals surface area (Å²) in [6, 6.07) is 3.44. The molecule has 0 heterocycles. The van der Waals surface area contributed by atoms with Crippen molar-refractivity contribution in [2.75, 3.05) is 7.11 Å². The van der Waals surface area contributed by atoms with Crippen molar-refractivity contribution in [1.82, 2.24) is 0 Å². The highest BCUT2D eigenvalue weighted by Gasteiger charge is 2.40. The maximum absolute atomic E-state index is 10.9. The molecule has 0 aliphatic heterocycles. The molecule has 5 heteroatoms. The fourth-order valence-corrected chi connectivity index (χ4v) is 3.03. The highest BCUT2D eigenvalue weighted by molar-refractivity contribution is 9.10. The van der Waals surface area contributed by atoms with Crippen LogP contribution < -0.4 is 9.16 Å². The Balaban J connectivity index is 3.25. The molecule has 0 saturated heterocycles. The standard InChI is InChI=1S/C14H21BrO3Si/c1-14(2,3)19(5,6)18-13-11(15)7-10(9-16)8-12(13)17-4/h7-9H,1-6H3. The van der Waals surface area contributed by atoms with Gasteiger partial charge in [-0.2, -0.15) is 0 Å². The Morgan fingerprint density at radius 1 is 1.26 bits per heavy atom. The topological polar surface area (TPSA) is 35.5 Å². The van der Waals surface area contributed by atoms with Crippen molar-refractivity contribution in [3.05, 3.63) is 22.2 Å². The second-order valence-corrected chi connectivity index (χ2v) is 11.6. The zero-order valence-electron chi connectivity index (χ0n) is 12.3. The third kappa shape index (κ3) is 3.60. The van der Waals surface area contributed by atoms with Crippen LogP contribution in [0.25, 0.3) is 0 Å². The highest BCUT2D eigenvalue weighted by atomic mass is 79.9. The van der Waals surface area contributed by atoms with Crippen molar-refractivity contribution in [2.24, 2.45) is 0 Å². The molecule has 0 fully saturated rings. The first kappa shape index (κ1) is 16.2. The minimum absolute atomic E-state index is 0.0980. The van der Waals surface area contributed by atoms with Gasteiger partial charge in [0, 0.05) is 5.56 Å². The Morgan fingerprint density at radius 2 is 1.84 bits per heavy atom. The second kappa shape index (κ2) is 5.67. The van der Waals surface area contributed by atoms with Crippen LogP contribution in [0, 0.1) is 0 Å². The smallest absolute Gasteiger partial charge is 0.250 e. The number of hydrogen-bond donors (Lipinski definition) is 0. The Bertz CT molecular complexity index is 478. The summed E-state index contributed by atoms with van der Waals surface area (Å²) < 4.78 is 12.4. The number of carbonyl (C=O) groups is 1. The van der Waals surface area contributed by atoms with Crippen molar-refractivity contribution < 1.29 is 14.0 Å². The zero-order chi connectivity index (χ0) is 14.8. The van der Waals surface area contributed by atoms with Crippen molar-refractivity contribution >= 4 is 30.5 Å². The molecule has 1 aromatic rings. The van der Waals surface area contributed by atoms with Crippen LogP contribution in [0.3, 0.4) is 0 Å². The van der Waals surface area contributed by atoms with Crippen LogP contribution in [-0.4, -0.2) is 21.7 Å².